The quantitative estimate of drug-likeness (QED) is 0.879. The summed E-state index contributed by atoms with van der Waals surface area (Å²) >= 11 is 0. The SMILES string of the molecule is CC(=O)NCc1ccc(C(=O)N2C[C@@H]3CCC[C@@]3(C(=O)O)C2)cc1. The van der Waals surface area contributed by atoms with Crippen LogP contribution in [0.1, 0.15) is 42.1 Å². The third-order valence-electron chi connectivity index (χ3n) is 5.33. The number of nitrogens with one attached hydrogen (secondary N) is 1. The number of benzene rings is 1. The number of carbonyl (C=O) groups is 3. The number of hydrogen-bond donors (Lipinski definition) is 2. The molecule has 2 N–H and O–H groups in total. The van der Waals surface area contributed by atoms with Crippen molar-refractivity contribution in [1.29, 1.82) is 0 Å². The van der Waals surface area contributed by atoms with Gasteiger partial charge in [-0.2, -0.15) is 0 Å². The van der Waals surface area contributed by atoms with Gasteiger partial charge in [-0.15, -0.1) is 0 Å². The van der Waals surface area contributed by atoms with E-state index in [9.17, 15) is 19.5 Å². The van der Waals surface area contributed by atoms with E-state index in [0.717, 1.165) is 18.4 Å². The summed E-state index contributed by atoms with van der Waals surface area (Å²) in [7, 11) is 0. The van der Waals surface area contributed by atoms with Crippen molar-refractivity contribution in [3.63, 3.8) is 0 Å². The van der Waals surface area contributed by atoms with Crippen LogP contribution in [0.5, 0.6) is 0 Å². The number of carboxylic acid groups (broad SMARTS) is 1. The first kappa shape index (κ1) is 16.5. The molecular formula is C18H22N2O4. The summed E-state index contributed by atoms with van der Waals surface area (Å²) in [5.74, 6) is -0.919. The minimum Gasteiger partial charge on any atom is -0.481 e. The number of likely N-dealkylation sites (tertiary alicyclic amines) is 1. The summed E-state index contributed by atoms with van der Waals surface area (Å²) in [5.41, 5.74) is 0.727. The maximum atomic E-state index is 12.7. The fraction of sp³-hybridized carbons (Fsp3) is 0.500. The van der Waals surface area contributed by atoms with Crippen LogP contribution in [-0.4, -0.2) is 40.9 Å². The molecule has 0 radical (unpaired) electrons. The van der Waals surface area contributed by atoms with Crippen LogP contribution in [0.3, 0.4) is 0 Å². The zero-order valence-corrected chi connectivity index (χ0v) is 13.7. The molecule has 0 unspecified atom stereocenters. The van der Waals surface area contributed by atoms with E-state index < -0.39 is 11.4 Å². The molecule has 24 heavy (non-hydrogen) atoms. The van der Waals surface area contributed by atoms with Gasteiger partial charge in [0.05, 0.1) is 5.41 Å². The van der Waals surface area contributed by atoms with E-state index in [-0.39, 0.29) is 17.7 Å². The second kappa shape index (κ2) is 6.26. The van der Waals surface area contributed by atoms with Gasteiger partial charge in [0.15, 0.2) is 0 Å². The van der Waals surface area contributed by atoms with E-state index in [2.05, 4.69) is 5.32 Å². The van der Waals surface area contributed by atoms with Crippen molar-refractivity contribution in [3.8, 4) is 0 Å². The van der Waals surface area contributed by atoms with Gasteiger partial charge in [0.2, 0.25) is 5.91 Å². The molecule has 1 aliphatic heterocycles. The van der Waals surface area contributed by atoms with Gasteiger partial charge in [0.25, 0.3) is 5.91 Å². The van der Waals surface area contributed by atoms with Gasteiger partial charge in [-0.1, -0.05) is 18.6 Å². The first-order valence-corrected chi connectivity index (χ1v) is 8.28. The largest absolute Gasteiger partial charge is 0.481 e. The van der Waals surface area contributed by atoms with E-state index in [1.807, 2.05) is 12.1 Å². The van der Waals surface area contributed by atoms with Crippen LogP contribution < -0.4 is 5.32 Å². The molecule has 1 heterocycles. The minimum absolute atomic E-state index is 0.0676. The van der Waals surface area contributed by atoms with Gasteiger partial charge in [0.1, 0.15) is 0 Å². The van der Waals surface area contributed by atoms with Crippen molar-refractivity contribution in [2.45, 2.75) is 32.7 Å². The Morgan fingerprint density at radius 3 is 2.58 bits per heavy atom. The highest BCUT2D eigenvalue weighted by Gasteiger charge is 2.55. The number of rotatable bonds is 4. The average molecular weight is 330 g/mol. The van der Waals surface area contributed by atoms with E-state index in [1.165, 1.54) is 6.92 Å². The highest BCUT2D eigenvalue weighted by atomic mass is 16.4. The summed E-state index contributed by atoms with van der Waals surface area (Å²) in [6, 6.07) is 7.10. The molecular weight excluding hydrogens is 308 g/mol. The van der Waals surface area contributed by atoms with Crippen LogP contribution >= 0.6 is 0 Å². The number of carboxylic acids is 1. The third-order valence-corrected chi connectivity index (χ3v) is 5.33. The molecule has 2 fully saturated rings. The monoisotopic (exact) mass is 330 g/mol. The minimum atomic E-state index is -0.772. The summed E-state index contributed by atoms with van der Waals surface area (Å²) in [6.07, 6.45) is 2.47. The summed E-state index contributed by atoms with van der Waals surface area (Å²) < 4.78 is 0. The molecule has 0 aromatic heterocycles. The number of amides is 2. The van der Waals surface area contributed by atoms with Crippen molar-refractivity contribution < 1.29 is 19.5 Å². The van der Waals surface area contributed by atoms with Gasteiger partial charge in [-0.25, -0.2) is 0 Å². The molecule has 1 aliphatic carbocycles. The Bertz CT molecular complexity index is 670. The van der Waals surface area contributed by atoms with Gasteiger partial charge < -0.3 is 15.3 Å². The molecule has 1 saturated carbocycles. The molecule has 3 rings (SSSR count). The zero-order valence-electron chi connectivity index (χ0n) is 13.7. The molecule has 2 amide bonds. The lowest BCUT2D eigenvalue weighted by Crippen LogP contribution is -2.37. The third kappa shape index (κ3) is 2.88. The van der Waals surface area contributed by atoms with Crippen LogP contribution in [0, 0.1) is 11.3 Å². The van der Waals surface area contributed by atoms with Gasteiger partial charge >= 0.3 is 5.97 Å². The normalized spacial score (nSPS) is 25.4. The lowest BCUT2D eigenvalue weighted by Gasteiger charge is -2.23. The Morgan fingerprint density at radius 1 is 1.29 bits per heavy atom. The van der Waals surface area contributed by atoms with Gasteiger partial charge in [0, 0.05) is 32.1 Å². The van der Waals surface area contributed by atoms with E-state index >= 15 is 0 Å². The zero-order chi connectivity index (χ0) is 17.3. The van der Waals surface area contributed by atoms with Crippen LogP contribution in [0.4, 0.5) is 0 Å². The molecule has 2 aliphatic rings. The van der Waals surface area contributed by atoms with Crippen molar-refractivity contribution in [2.24, 2.45) is 11.3 Å². The Balaban J connectivity index is 1.69. The van der Waals surface area contributed by atoms with Crippen LogP contribution in [-0.2, 0) is 16.1 Å². The van der Waals surface area contributed by atoms with E-state index in [0.29, 0.717) is 31.6 Å². The molecule has 2 atom stereocenters. The molecule has 6 heteroatoms. The van der Waals surface area contributed by atoms with Gasteiger partial charge in [-0.3, -0.25) is 14.4 Å². The number of nitrogens with zero attached hydrogens (tertiary/aromatic N) is 1. The molecule has 6 nitrogen and oxygen atoms in total. The van der Waals surface area contributed by atoms with Crippen molar-refractivity contribution in [3.05, 3.63) is 35.4 Å². The second-order valence-corrected chi connectivity index (χ2v) is 6.84. The fourth-order valence-electron chi connectivity index (χ4n) is 3.97. The highest BCUT2D eigenvalue weighted by Crippen LogP contribution is 2.49. The predicted octanol–water partition coefficient (Wildman–Crippen LogP) is 1.65. The first-order valence-electron chi connectivity index (χ1n) is 8.28. The second-order valence-electron chi connectivity index (χ2n) is 6.84. The maximum absolute atomic E-state index is 12.7. The predicted molar refractivity (Wildman–Crippen MR) is 87.3 cm³/mol. The molecule has 1 aromatic rings. The Kier molecular flexibility index (Phi) is 4.30. The molecule has 1 aromatic carbocycles. The number of fused-ring (bicyclic) bond motifs is 1. The fourth-order valence-corrected chi connectivity index (χ4v) is 3.97. The van der Waals surface area contributed by atoms with Crippen LogP contribution in [0.2, 0.25) is 0 Å². The van der Waals surface area contributed by atoms with Crippen molar-refractivity contribution >= 4 is 17.8 Å². The summed E-state index contributed by atoms with van der Waals surface area (Å²) in [6.45, 7) is 2.72. The van der Waals surface area contributed by atoms with Crippen molar-refractivity contribution in [2.75, 3.05) is 13.1 Å². The topological polar surface area (TPSA) is 86.7 Å². The molecule has 0 spiro atoms. The van der Waals surface area contributed by atoms with E-state index in [1.54, 1.807) is 17.0 Å². The maximum Gasteiger partial charge on any atom is 0.311 e. The summed E-state index contributed by atoms with van der Waals surface area (Å²) in [4.78, 5) is 37.0. The highest BCUT2D eigenvalue weighted by molar-refractivity contribution is 5.95. The average Bonchev–Trinajstić information content (AvgIpc) is 3.11. The Morgan fingerprint density at radius 2 is 2.00 bits per heavy atom. The van der Waals surface area contributed by atoms with Gasteiger partial charge in [-0.05, 0) is 36.5 Å². The summed E-state index contributed by atoms with van der Waals surface area (Å²) in [5, 5.41) is 12.3. The van der Waals surface area contributed by atoms with Crippen LogP contribution in [0.25, 0.3) is 0 Å². The number of hydrogen-bond acceptors (Lipinski definition) is 3. The molecule has 1 saturated heterocycles. The first-order chi connectivity index (χ1) is 11.4. The Hall–Kier alpha value is -2.37. The molecule has 128 valence electrons. The molecule has 0 bridgehead atoms. The standard InChI is InChI=1S/C18H22N2O4/c1-12(21)19-9-13-4-6-14(7-5-13)16(22)20-10-15-3-2-8-18(15,11-20)17(23)24/h4-7,15H,2-3,8-11H2,1H3,(H,19,21)(H,23,24)/t15-,18+/m0/s1. The lowest BCUT2D eigenvalue weighted by atomic mass is 9.81. The number of aliphatic carboxylic acids is 1. The van der Waals surface area contributed by atoms with Crippen LogP contribution in [0.15, 0.2) is 24.3 Å². The smallest absolute Gasteiger partial charge is 0.311 e. The van der Waals surface area contributed by atoms with Crippen molar-refractivity contribution in [1.82, 2.24) is 10.2 Å². The Labute approximate surface area is 140 Å². The van der Waals surface area contributed by atoms with E-state index in [4.69, 9.17) is 0 Å². The number of carbonyl (C=O) groups excluding carboxylic acids is 2. The lowest BCUT2D eigenvalue weighted by molar-refractivity contribution is -0.149.